The van der Waals surface area contributed by atoms with Crippen molar-refractivity contribution in [2.75, 3.05) is 0 Å². The van der Waals surface area contributed by atoms with E-state index in [4.69, 9.17) is 4.74 Å². The van der Waals surface area contributed by atoms with Crippen LogP contribution in [0.4, 0.5) is 4.79 Å². The summed E-state index contributed by atoms with van der Waals surface area (Å²) < 4.78 is 6.03. The Morgan fingerprint density at radius 2 is 2.00 bits per heavy atom. The van der Waals surface area contributed by atoms with Gasteiger partial charge in [0.05, 0.1) is 0 Å². The van der Waals surface area contributed by atoms with E-state index in [0.29, 0.717) is 0 Å². The van der Waals surface area contributed by atoms with Crippen molar-refractivity contribution in [1.82, 2.24) is 4.90 Å². The van der Waals surface area contributed by atoms with Gasteiger partial charge >= 0.3 is 6.09 Å². The molecule has 1 N–H and O–H groups in total. The van der Waals surface area contributed by atoms with Gasteiger partial charge in [0.2, 0.25) is 0 Å². The molecule has 0 radical (unpaired) electrons. The zero-order chi connectivity index (χ0) is 13.4. The molecule has 0 aliphatic carbocycles. The number of hydrogen-bond acceptors (Lipinski definition) is 2. The molecule has 2 aliphatic rings. The summed E-state index contributed by atoms with van der Waals surface area (Å²) >= 11 is 0. The lowest BCUT2D eigenvalue weighted by molar-refractivity contribution is 0.0496. The molecule has 3 rings (SSSR count). The molecule has 1 unspecified atom stereocenters. The molecule has 0 aromatic heterocycles. The van der Waals surface area contributed by atoms with Gasteiger partial charge in [0.15, 0.2) is 0 Å². The molecule has 0 saturated carbocycles. The first kappa shape index (κ1) is 12.3. The first-order valence-electron chi connectivity index (χ1n) is 6.88. The molecule has 2 bridgehead atoms. The van der Waals surface area contributed by atoms with E-state index < -0.39 is 6.09 Å². The predicted octanol–water partition coefficient (Wildman–Crippen LogP) is 3.05. The number of ether oxygens (including phenoxy) is 1. The number of piperidine rings is 1. The number of fused-ring (bicyclic) bond motifs is 2. The number of carboxylic acid groups (broad SMARTS) is 1. The zero-order valence-corrected chi connectivity index (χ0v) is 11.1. The summed E-state index contributed by atoms with van der Waals surface area (Å²) in [7, 11) is 0. The van der Waals surface area contributed by atoms with Gasteiger partial charge in [0.1, 0.15) is 11.9 Å². The van der Waals surface area contributed by atoms with Crippen molar-refractivity contribution in [3.05, 3.63) is 29.8 Å². The van der Waals surface area contributed by atoms with E-state index in [1.165, 1.54) is 5.56 Å². The van der Waals surface area contributed by atoms with Crippen LogP contribution in [-0.2, 0) is 0 Å². The number of hydrogen-bond donors (Lipinski definition) is 1. The molecule has 1 amide bonds. The molecular formula is C15H19NO3. The van der Waals surface area contributed by atoms with Gasteiger partial charge in [0.25, 0.3) is 0 Å². The van der Waals surface area contributed by atoms with Gasteiger partial charge in [-0.2, -0.15) is 0 Å². The van der Waals surface area contributed by atoms with Crippen LogP contribution in [-0.4, -0.2) is 34.3 Å². The number of aryl methyl sites for hydroxylation is 1. The highest BCUT2D eigenvalue weighted by Gasteiger charge is 2.44. The van der Waals surface area contributed by atoms with Gasteiger partial charge < -0.3 is 14.7 Å². The summed E-state index contributed by atoms with van der Waals surface area (Å²) in [4.78, 5) is 12.8. The molecule has 2 heterocycles. The highest BCUT2D eigenvalue weighted by atomic mass is 16.5. The lowest BCUT2D eigenvalue weighted by atomic mass is 10.00. The fourth-order valence-corrected chi connectivity index (χ4v) is 3.42. The minimum atomic E-state index is -0.776. The van der Waals surface area contributed by atoms with Crippen molar-refractivity contribution in [3.63, 3.8) is 0 Å². The second-order valence-corrected chi connectivity index (χ2v) is 5.60. The fraction of sp³-hybridized carbons (Fsp3) is 0.533. The van der Waals surface area contributed by atoms with Crippen molar-refractivity contribution in [2.24, 2.45) is 0 Å². The molecule has 102 valence electrons. The van der Waals surface area contributed by atoms with Gasteiger partial charge in [-0.15, -0.1) is 0 Å². The van der Waals surface area contributed by atoms with Gasteiger partial charge in [0, 0.05) is 24.9 Å². The maximum atomic E-state index is 11.2. The number of rotatable bonds is 2. The quantitative estimate of drug-likeness (QED) is 0.890. The van der Waals surface area contributed by atoms with Gasteiger partial charge in [-0.3, -0.25) is 0 Å². The van der Waals surface area contributed by atoms with Gasteiger partial charge in [-0.25, -0.2) is 4.79 Å². The van der Waals surface area contributed by atoms with Crippen LogP contribution in [0.3, 0.4) is 0 Å². The Hall–Kier alpha value is -1.71. The third-order valence-electron chi connectivity index (χ3n) is 4.20. The Morgan fingerprint density at radius 3 is 2.58 bits per heavy atom. The first-order chi connectivity index (χ1) is 9.13. The summed E-state index contributed by atoms with van der Waals surface area (Å²) in [5, 5.41) is 9.22. The summed E-state index contributed by atoms with van der Waals surface area (Å²) in [5.41, 5.74) is 1.18. The van der Waals surface area contributed by atoms with Crippen LogP contribution in [0, 0.1) is 6.92 Å². The average Bonchev–Trinajstić information content (AvgIpc) is 2.62. The largest absolute Gasteiger partial charge is 0.490 e. The summed E-state index contributed by atoms with van der Waals surface area (Å²) in [6.45, 7) is 2.05. The Labute approximate surface area is 113 Å². The minimum Gasteiger partial charge on any atom is -0.490 e. The van der Waals surface area contributed by atoms with Crippen LogP contribution in [0.15, 0.2) is 24.3 Å². The second-order valence-electron chi connectivity index (χ2n) is 5.60. The maximum absolute atomic E-state index is 11.2. The van der Waals surface area contributed by atoms with E-state index in [1.54, 1.807) is 4.90 Å². The second kappa shape index (κ2) is 4.76. The van der Waals surface area contributed by atoms with E-state index >= 15 is 0 Å². The molecular weight excluding hydrogens is 242 g/mol. The Kier molecular flexibility index (Phi) is 3.09. The standard InChI is InChI=1S/C15H19NO3/c1-10-3-2-4-13(7-10)19-14-8-11-5-6-12(9-14)16(11)15(17)18/h2-4,7,11-12,14H,5-6,8-9H2,1H3,(H,17,18)/t11-,12+,14?. The maximum Gasteiger partial charge on any atom is 0.407 e. The first-order valence-corrected chi connectivity index (χ1v) is 6.88. The molecule has 2 saturated heterocycles. The normalized spacial score (nSPS) is 29.3. The highest BCUT2D eigenvalue weighted by Crippen LogP contribution is 2.37. The Balaban J connectivity index is 1.68. The lowest BCUT2D eigenvalue weighted by Gasteiger charge is -2.37. The molecule has 3 atom stereocenters. The Bertz CT molecular complexity index is 474. The Morgan fingerprint density at radius 1 is 1.32 bits per heavy atom. The van der Waals surface area contributed by atoms with E-state index in [0.717, 1.165) is 31.4 Å². The molecule has 1 aromatic rings. The lowest BCUT2D eigenvalue weighted by Crippen LogP contribution is -2.48. The molecule has 2 aliphatic heterocycles. The topological polar surface area (TPSA) is 49.8 Å². The smallest absolute Gasteiger partial charge is 0.407 e. The number of amides is 1. The number of nitrogens with zero attached hydrogens (tertiary/aromatic N) is 1. The van der Waals surface area contributed by atoms with Crippen LogP contribution in [0.25, 0.3) is 0 Å². The molecule has 19 heavy (non-hydrogen) atoms. The zero-order valence-electron chi connectivity index (χ0n) is 11.1. The predicted molar refractivity (Wildman–Crippen MR) is 71.5 cm³/mol. The molecule has 0 spiro atoms. The van der Waals surface area contributed by atoms with Crippen molar-refractivity contribution in [3.8, 4) is 5.75 Å². The summed E-state index contributed by atoms with van der Waals surface area (Å²) in [5.74, 6) is 0.896. The van der Waals surface area contributed by atoms with Gasteiger partial charge in [-0.1, -0.05) is 12.1 Å². The van der Waals surface area contributed by atoms with Gasteiger partial charge in [-0.05, 0) is 37.5 Å². The van der Waals surface area contributed by atoms with Crippen LogP contribution in [0.2, 0.25) is 0 Å². The fourth-order valence-electron chi connectivity index (χ4n) is 3.42. The average molecular weight is 261 g/mol. The number of benzene rings is 1. The van der Waals surface area contributed by atoms with E-state index in [1.807, 2.05) is 31.2 Å². The van der Waals surface area contributed by atoms with Crippen molar-refractivity contribution in [2.45, 2.75) is 50.8 Å². The third-order valence-corrected chi connectivity index (χ3v) is 4.20. The summed E-state index contributed by atoms with van der Waals surface area (Å²) in [6, 6.07) is 8.33. The monoisotopic (exact) mass is 261 g/mol. The van der Waals surface area contributed by atoms with Crippen molar-refractivity contribution >= 4 is 6.09 Å². The van der Waals surface area contributed by atoms with Crippen LogP contribution >= 0.6 is 0 Å². The molecule has 4 nitrogen and oxygen atoms in total. The van der Waals surface area contributed by atoms with Crippen LogP contribution in [0.1, 0.15) is 31.2 Å². The molecule has 2 fully saturated rings. The highest BCUT2D eigenvalue weighted by molar-refractivity contribution is 5.66. The summed E-state index contributed by atoms with van der Waals surface area (Å²) in [6.07, 6.45) is 2.96. The molecule has 1 aromatic carbocycles. The third kappa shape index (κ3) is 2.39. The van der Waals surface area contributed by atoms with E-state index in [-0.39, 0.29) is 18.2 Å². The van der Waals surface area contributed by atoms with E-state index in [9.17, 15) is 9.90 Å². The minimum absolute atomic E-state index is 0.144. The molecule has 4 heteroatoms. The van der Waals surface area contributed by atoms with Crippen molar-refractivity contribution < 1.29 is 14.6 Å². The van der Waals surface area contributed by atoms with E-state index in [2.05, 4.69) is 0 Å². The number of carbonyl (C=O) groups is 1. The van der Waals surface area contributed by atoms with Crippen molar-refractivity contribution in [1.29, 1.82) is 0 Å². The van der Waals surface area contributed by atoms with Crippen LogP contribution < -0.4 is 4.74 Å². The SMILES string of the molecule is Cc1cccc(OC2C[C@H]3CC[C@@H](C2)N3C(=O)O)c1. The van der Waals surface area contributed by atoms with Crippen LogP contribution in [0.5, 0.6) is 5.75 Å².